The summed E-state index contributed by atoms with van der Waals surface area (Å²) in [6.07, 6.45) is -0.0769. The van der Waals surface area contributed by atoms with E-state index in [0.29, 0.717) is 5.69 Å². The Balaban J connectivity index is 2.80. The standard InChI is InChI=1S/C13H16N2O5/c1-8(17)14-10-4-2-3-9(7-10)12(18)15-11(5-6-16)13(19)20/h2-4,7,11,16H,5-6H2,1H3,(H,14,17)(H,15,18)(H,19,20)/t11-/m1/s1. The van der Waals surface area contributed by atoms with Crippen LogP contribution in [-0.2, 0) is 9.59 Å². The Morgan fingerprint density at radius 2 is 2.00 bits per heavy atom. The van der Waals surface area contributed by atoms with Crippen LogP contribution in [0.3, 0.4) is 0 Å². The van der Waals surface area contributed by atoms with Gasteiger partial charge in [0.2, 0.25) is 5.91 Å². The maximum Gasteiger partial charge on any atom is 0.326 e. The fourth-order valence-electron chi connectivity index (χ4n) is 1.57. The molecule has 0 aromatic heterocycles. The molecule has 108 valence electrons. The fraction of sp³-hybridized carbons (Fsp3) is 0.308. The van der Waals surface area contributed by atoms with Crippen LogP contribution < -0.4 is 10.6 Å². The number of anilines is 1. The average Bonchev–Trinajstić information content (AvgIpc) is 2.37. The number of benzene rings is 1. The van der Waals surface area contributed by atoms with Crippen molar-refractivity contribution in [2.75, 3.05) is 11.9 Å². The maximum atomic E-state index is 11.9. The van der Waals surface area contributed by atoms with Gasteiger partial charge in [0, 0.05) is 31.2 Å². The average molecular weight is 280 g/mol. The van der Waals surface area contributed by atoms with E-state index in [9.17, 15) is 14.4 Å². The molecule has 2 amide bonds. The topological polar surface area (TPSA) is 116 Å². The lowest BCUT2D eigenvalue weighted by atomic mass is 10.1. The third-order valence-electron chi connectivity index (χ3n) is 2.47. The summed E-state index contributed by atoms with van der Waals surface area (Å²) in [5.41, 5.74) is 0.666. The molecule has 0 aliphatic rings. The van der Waals surface area contributed by atoms with E-state index in [2.05, 4.69) is 10.6 Å². The van der Waals surface area contributed by atoms with Gasteiger partial charge in [-0.3, -0.25) is 9.59 Å². The Kier molecular flexibility index (Phi) is 5.67. The normalized spacial score (nSPS) is 11.5. The van der Waals surface area contributed by atoms with E-state index in [1.165, 1.54) is 19.1 Å². The molecule has 0 radical (unpaired) electrons. The first-order valence-corrected chi connectivity index (χ1v) is 5.96. The molecule has 0 aliphatic heterocycles. The van der Waals surface area contributed by atoms with Crippen molar-refractivity contribution in [3.05, 3.63) is 29.8 Å². The lowest BCUT2D eigenvalue weighted by molar-refractivity contribution is -0.139. The van der Waals surface area contributed by atoms with Gasteiger partial charge >= 0.3 is 5.97 Å². The molecule has 7 nitrogen and oxygen atoms in total. The monoisotopic (exact) mass is 280 g/mol. The first-order valence-electron chi connectivity index (χ1n) is 5.96. The van der Waals surface area contributed by atoms with Crippen LogP contribution in [0, 0.1) is 0 Å². The number of carbonyl (C=O) groups excluding carboxylic acids is 2. The smallest absolute Gasteiger partial charge is 0.326 e. The summed E-state index contributed by atoms with van der Waals surface area (Å²) in [6, 6.07) is 4.97. The summed E-state index contributed by atoms with van der Waals surface area (Å²) < 4.78 is 0. The van der Waals surface area contributed by atoms with E-state index in [1.807, 2.05) is 0 Å². The van der Waals surface area contributed by atoms with Crippen molar-refractivity contribution in [2.45, 2.75) is 19.4 Å². The molecule has 1 rings (SSSR count). The number of aliphatic hydroxyl groups is 1. The highest BCUT2D eigenvalue weighted by Gasteiger charge is 2.20. The minimum atomic E-state index is -1.22. The van der Waals surface area contributed by atoms with Gasteiger partial charge in [-0.05, 0) is 18.2 Å². The highest BCUT2D eigenvalue weighted by Crippen LogP contribution is 2.11. The molecule has 0 bridgehead atoms. The summed E-state index contributed by atoms with van der Waals surface area (Å²) in [5, 5.41) is 22.5. The number of hydrogen-bond acceptors (Lipinski definition) is 4. The Bertz CT molecular complexity index is 515. The third-order valence-corrected chi connectivity index (χ3v) is 2.47. The molecule has 0 saturated heterocycles. The summed E-state index contributed by atoms with van der Waals surface area (Å²) in [6.45, 7) is 0.998. The molecule has 0 unspecified atom stereocenters. The minimum absolute atomic E-state index is 0.0769. The molecule has 1 aromatic rings. The Hall–Kier alpha value is -2.41. The number of aliphatic hydroxyl groups excluding tert-OH is 1. The van der Waals surface area contributed by atoms with Crippen molar-refractivity contribution < 1.29 is 24.6 Å². The molecule has 0 aliphatic carbocycles. The van der Waals surface area contributed by atoms with E-state index >= 15 is 0 Å². The summed E-state index contributed by atoms with van der Waals surface area (Å²) >= 11 is 0. The molecular formula is C13H16N2O5. The van der Waals surface area contributed by atoms with Crippen molar-refractivity contribution in [2.24, 2.45) is 0 Å². The molecule has 7 heteroatoms. The van der Waals surface area contributed by atoms with Crippen LogP contribution in [0.15, 0.2) is 24.3 Å². The van der Waals surface area contributed by atoms with Crippen LogP contribution in [0.25, 0.3) is 0 Å². The number of carboxylic acid groups (broad SMARTS) is 1. The van der Waals surface area contributed by atoms with Crippen molar-refractivity contribution in [3.8, 4) is 0 Å². The quantitative estimate of drug-likeness (QED) is 0.594. The fourth-order valence-corrected chi connectivity index (χ4v) is 1.57. The predicted octanol–water partition coefficient (Wildman–Crippen LogP) is 0.210. The highest BCUT2D eigenvalue weighted by molar-refractivity contribution is 5.98. The summed E-state index contributed by atoms with van der Waals surface area (Å²) in [4.78, 5) is 33.7. The van der Waals surface area contributed by atoms with Crippen LogP contribution in [-0.4, -0.2) is 40.6 Å². The molecule has 0 spiro atoms. The molecule has 1 atom stereocenters. The molecule has 1 aromatic carbocycles. The van der Waals surface area contributed by atoms with Gasteiger partial charge in [0.1, 0.15) is 6.04 Å². The van der Waals surface area contributed by atoms with Crippen LogP contribution in [0.1, 0.15) is 23.7 Å². The summed E-state index contributed by atoms with van der Waals surface area (Å²) in [5.74, 6) is -2.07. The van der Waals surface area contributed by atoms with E-state index in [1.54, 1.807) is 12.1 Å². The zero-order valence-corrected chi connectivity index (χ0v) is 10.9. The second-order valence-corrected chi connectivity index (χ2v) is 4.14. The van der Waals surface area contributed by atoms with Gasteiger partial charge in [-0.15, -0.1) is 0 Å². The number of nitrogens with one attached hydrogen (secondary N) is 2. The van der Waals surface area contributed by atoms with E-state index in [4.69, 9.17) is 10.2 Å². The van der Waals surface area contributed by atoms with Crippen LogP contribution in [0.2, 0.25) is 0 Å². The molecule has 0 fully saturated rings. The van der Waals surface area contributed by atoms with E-state index in [-0.39, 0.29) is 24.5 Å². The van der Waals surface area contributed by atoms with Crippen molar-refractivity contribution in [3.63, 3.8) is 0 Å². The number of aliphatic carboxylic acids is 1. The van der Waals surface area contributed by atoms with Gasteiger partial charge in [0.15, 0.2) is 0 Å². The molecule has 20 heavy (non-hydrogen) atoms. The van der Waals surface area contributed by atoms with Gasteiger partial charge in [0.25, 0.3) is 5.91 Å². The van der Waals surface area contributed by atoms with Gasteiger partial charge in [-0.1, -0.05) is 6.07 Å². The number of rotatable bonds is 6. The van der Waals surface area contributed by atoms with Gasteiger partial charge in [0.05, 0.1) is 0 Å². The van der Waals surface area contributed by atoms with Gasteiger partial charge in [-0.25, -0.2) is 4.79 Å². The maximum absolute atomic E-state index is 11.9. The number of carbonyl (C=O) groups is 3. The van der Waals surface area contributed by atoms with Crippen LogP contribution in [0.4, 0.5) is 5.69 Å². The van der Waals surface area contributed by atoms with Gasteiger partial charge in [-0.2, -0.15) is 0 Å². The highest BCUT2D eigenvalue weighted by atomic mass is 16.4. The number of hydrogen-bond donors (Lipinski definition) is 4. The Morgan fingerprint density at radius 1 is 1.30 bits per heavy atom. The molecule has 0 heterocycles. The van der Waals surface area contributed by atoms with E-state index < -0.39 is 17.9 Å². The first kappa shape index (κ1) is 15.6. The zero-order valence-electron chi connectivity index (χ0n) is 10.9. The van der Waals surface area contributed by atoms with Crippen molar-refractivity contribution >= 4 is 23.5 Å². The minimum Gasteiger partial charge on any atom is -0.480 e. The zero-order chi connectivity index (χ0) is 15.1. The summed E-state index contributed by atoms with van der Waals surface area (Å²) in [7, 11) is 0. The first-order chi connectivity index (χ1) is 9.43. The molecule has 4 N–H and O–H groups in total. The Labute approximate surface area is 115 Å². The van der Waals surface area contributed by atoms with Gasteiger partial charge < -0.3 is 20.8 Å². The molecular weight excluding hydrogens is 264 g/mol. The van der Waals surface area contributed by atoms with E-state index in [0.717, 1.165) is 0 Å². The third kappa shape index (κ3) is 4.69. The van der Waals surface area contributed by atoms with Crippen LogP contribution >= 0.6 is 0 Å². The number of carboxylic acids is 1. The van der Waals surface area contributed by atoms with Crippen molar-refractivity contribution in [1.82, 2.24) is 5.32 Å². The lowest BCUT2D eigenvalue weighted by Gasteiger charge is -2.13. The number of amides is 2. The SMILES string of the molecule is CC(=O)Nc1cccc(C(=O)N[C@H](CCO)C(=O)O)c1. The van der Waals surface area contributed by atoms with Crippen LogP contribution in [0.5, 0.6) is 0 Å². The lowest BCUT2D eigenvalue weighted by Crippen LogP contribution is -2.41. The second kappa shape index (κ2) is 7.25. The molecule has 0 saturated carbocycles. The van der Waals surface area contributed by atoms with Crippen molar-refractivity contribution in [1.29, 1.82) is 0 Å². The Morgan fingerprint density at radius 3 is 2.55 bits per heavy atom. The predicted molar refractivity (Wildman–Crippen MR) is 71.3 cm³/mol. The second-order valence-electron chi connectivity index (χ2n) is 4.14. The largest absolute Gasteiger partial charge is 0.480 e.